The van der Waals surface area contributed by atoms with Crippen LogP contribution in [-0.4, -0.2) is 31.6 Å². The van der Waals surface area contributed by atoms with Crippen LogP contribution in [0.4, 0.5) is 18.9 Å². The van der Waals surface area contributed by atoms with Crippen molar-refractivity contribution in [3.63, 3.8) is 0 Å². The van der Waals surface area contributed by atoms with Gasteiger partial charge in [0.2, 0.25) is 0 Å². The number of hydrogen-bond acceptors (Lipinski definition) is 2. The lowest BCUT2D eigenvalue weighted by Crippen LogP contribution is -2.30. The maximum absolute atomic E-state index is 12.8. The molecule has 5 heteroatoms. The number of para-hydroxylation sites is 1. The Labute approximate surface area is 118 Å². The number of halogens is 3. The Kier molecular flexibility index (Phi) is 4.91. The third-order valence-electron chi connectivity index (χ3n) is 3.94. The fraction of sp³-hybridized carbons (Fsp3) is 0.600. The van der Waals surface area contributed by atoms with Crippen molar-refractivity contribution < 1.29 is 13.2 Å². The average Bonchev–Trinajstić information content (AvgIpc) is 2.40. The Morgan fingerprint density at radius 3 is 2.50 bits per heavy atom. The SMILES string of the molecule is CN1CCC(CCNc2ccccc2C(F)(F)F)CC1. The van der Waals surface area contributed by atoms with E-state index in [1.165, 1.54) is 12.1 Å². The second kappa shape index (κ2) is 6.48. The molecule has 2 nitrogen and oxygen atoms in total. The highest BCUT2D eigenvalue weighted by molar-refractivity contribution is 5.52. The van der Waals surface area contributed by atoms with Gasteiger partial charge >= 0.3 is 6.18 Å². The molecule has 0 saturated carbocycles. The Balaban J connectivity index is 1.85. The van der Waals surface area contributed by atoms with Gasteiger partial charge in [0.25, 0.3) is 0 Å². The van der Waals surface area contributed by atoms with Crippen LogP contribution in [0.25, 0.3) is 0 Å². The number of piperidine rings is 1. The monoisotopic (exact) mass is 286 g/mol. The molecule has 0 amide bonds. The van der Waals surface area contributed by atoms with Gasteiger partial charge in [0, 0.05) is 12.2 Å². The summed E-state index contributed by atoms with van der Waals surface area (Å²) in [6.45, 7) is 2.77. The van der Waals surface area contributed by atoms with Crippen LogP contribution in [0.1, 0.15) is 24.8 Å². The van der Waals surface area contributed by atoms with Crippen molar-refractivity contribution in [2.24, 2.45) is 5.92 Å². The predicted molar refractivity (Wildman–Crippen MR) is 74.8 cm³/mol. The smallest absolute Gasteiger partial charge is 0.385 e. The third-order valence-corrected chi connectivity index (χ3v) is 3.94. The van der Waals surface area contributed by atoms with E-state index in [9.17, 15) is 13.2 Å². The average molecular weight is 286 g/mol. The molecule has 1 heterocycles. The normalized spacial score (nSPS) is 18.2. The van der Waals surface area contributed by atoms with Crippen molar-refractivity contribution in [3.8, 4) is 0 Å². The molecule has 1 fully saturated rings. The van der Waals surface area contributed by atoms with Crippen LogP contribution in [-0.2, 0) is 6.18 Å². The highest BCUT2D eigenvalue weighted by Gasteiger charge is 2.33. The molecule has 1 aromatic carbocycles. The molecule has 0 atom stereocenters. The summed E-state index contributed by atoms with van der Waals surface area (Å²) in [7, 11) is 2.11. The summed E-state index contributed by atoms with van der Waals surface area (Å²) in [4.78, 5) is 2.29. The van der Waals surface area contributed by atoms with Gasteiger partial charge in [0.15, 0.2) is 0 Å². The molecule has 20 heavy (non-hydrogen) atoms. The van der Waals surface area contributed by atoms with Crippen LogP contribution < -0.4 is 5.32 Å². The van der Waals surface area contributed by atoms with E-state index in [1.807, 2.05) is 0 Å². The first-order chi connectivity index (χ1) is 9.47. The van der Waals surface area contributed by atoms with Gasteiger partial charge in [-0.2, -0.15) is 13.2 Å². The molecule has 0 unspecified atom stereocenters. The zero-order valence-corrected chi connectivity index (χ0v) is 11.7. The quantitative estimate of drug-likeness (QED) is 0.904. The summed E-state index contributed by atoms with van der Waals surface area (Å²) < 4.78 is 38.5. The van der Waals surface area contributed by atoms with Gasteiger partial charge in [-0.15, -0.1) is 0 Å². The van der Waals surface area contributed by atoms with E-state index in [1.54, 1.807) is 6.07 Å². The fourth-order valence-corrected chi connectivity index (χ4v) is 2.65. The van der Waals surface area contributed by atoms with Crippen LogP contribution in [0, 0.1) is 5.92 Å². The molecule has 0 radical (unpaired) electrons. The fourth-order valence-electron chi connectivity index (χ4n) is 2.65. The van der Waals surface area contributed by atoms with Gasteiger partial charge in [0.1, 0.15) is 0 Å². The van der Waals surface area contributed by atoms with E-state index in [4.69, 9.17) is 0 Å². The summed E-state index contributed by atoms with van der Waals surface area (Å²) in [6, 6.07) is 5.67. The first kappa shape index (κ1) is 15.2. The highest BCUT2D eigenvalue weighted by Crippen LogP contribution is 2.34. The highest BCUT2D eigenvalue weighted by atomic mass is 19.4. The molecule has 112 valence electrons. The number of hydrogen-bond donors (Lipinski definition) is 1. The summed E-state index contributed by atoms with van der Waals surface area (Å²) in [5.74, 6) is 0.622. The molecule has 1 N–H and O–H groups in total. The van der Waals surface area contributed by atoms with Gasteiger partial charge in [0.05, 0.1) is 5.56 Å². The second-order valence-electron chi connectivity index (χ2n) is 5.51. The Morgan fingerprint density at radius 1 is 1.20 bits per heavy atom. The van der Waals surface area contributed by atoms with Crippen molar-refractivity contribution in [1.82, 2.24) is 4.90 Å². The van der Waals surface area contributed by atoms with E-state index in [0.29, 0.717) is 12.5 Å². The van der Waals surface area contributed by atoms with Crippen molar-refractivity contribution in [2.75, 3.05) is 32.0 Å². The largest absolute Gasteiger partial charge is 0.418 e. The van der Waals surface area contributed by atoms with Gasteiger partial charge in [-0.25, -0.2) is 0 Å². The molecule has 1 aliphatic rings. The first-order valence-corrected chi connectivity index (χ1v) is 7.05. The molecule has 0 spiro atoms. The lowest BCUT2D eigenvalue weighted by molar-refractivity contribution is -0.136. The lowest BCUT2D eigenvalue weighted by atomic mass is 9.94. The van der Waals surface area contributed by atoms with Gasteiger partial charge < -0.3 is 10.2 Å². The maximum Gasteiger partial charge on any atom is 0.418 e. The zero-order valence-electron chi connectivity index (χ0n) is 11.7. The first-order valence-electron chi connectivity index (χ1n) is 7.05. The summed E-state index contributed by atoms with van der Waals surface area (Å²) in [5.41, 5.74) is -0.392. The van der Waals surface area contributed by atoms with Crippen LogP contribution in [0.5, 0.6) is 0 Å². The van der Waals surface area contributed by atoms with E-state index in [-0.39, 0.29) is 5.69 Å². The van der Waals surface area contributed by atoms with E-state index in [0.717, 1.165) is 38.4 Å². The van der Waals surface area contributed by atoms with E-state index < -0.39 is 11.7 Å². The molecule has 2 rings (SSSR count). The molecular formula is C15H21F3N2. The zero-order chi connectivity index (χ0) is 14.6. The van der Waals surface area contributed by atoms with Gasteiger partial charge in [-0.05, 0) is 57.5 Å². The number of alkyl halides is 3. The lowest BCUT2D eigenvalue weighted by Gasteiger charge is -2.29. The molecule has 0 bridgehead atoms. The van der Waals surface area contributed by atoms with Crippen molar-refractivity contribution in [3.05, 3.63) is 29.8 Å². The van der Waals surface area contributed by atoms with Crippen molar-refractivity contribution in [2.45, 2.75) is 25.4 Å². The second-order valence-corrected chi connectivity index (χ2v) is 5.51. The Morgan fingerprint density at radius 2 is 1.85 bits per heavy atom. The van der Waals surface area contributed by atoms with E-state index in [2.05, 4.69) is 17.3 Å². The number of rotatable bonds is 4. The van der Waals surface area contributed by atoms with Crippen molar-refractivity contribution >= 4 is 5.69 Å². The minimum atomic E-state index is -4.29. The minimum Gasteiger partial charge on any atom is -0.385 e. The predicted octanol–water partition coefficient (Wildman–Crippen LogP) is 3.85. The number of likely N-dealkylation sites (tertiary alicyclic amines) is 1. The molecule has 1 saturated heterocycles. The number of nitrogens with zero attached hydrogens (tertiary/aromatic N) is 1. The molecule has 0 aliphatic carbocycles. The molecular weight excluding hydrogens is 265 g/mol. The minimum absolute atomic E-state index is 0.188. The Hall–Kier alpha value is -1.23. The number of nitrogens with one attached hydrogen (secondary N) is 1. The van der Waals surface area contributed by atoms with Crippen molar-refractivity contribution in [1.29, 1.82) is 0 Å². The third kappa shape index (κ3) is 4.13. The number of benzene rings is 1. The topological polar surface area (TPSA) is 15.3 Å². The summed E-state index contributed by atoms with van der Waals surface area (Å²) >= 11 is 0. The molecule has 0 aromatic heterocycles. The number of anilines is 1. The molecule has 1 aromatic rings. The standard InChI is InChI=1S/C15H21F3N2/c1-20-10-7-12(8-11-20)6-9-19-14-5-3-2-4-13(14)15(16,17)18/h2-5,12,19H,6-11H2,1H3. The van der Waals surface area contributed by atoms with Crippen LogP contribution in [0.15, 0.2) is 24.3 Å². The van der Waals surface area contributed by atoms with Gasteiger partial charge in [-0.3, -0.25) is 0 Å². The van der Waals surface area contributed by atoms with Crippen LogP contribution in [0.3, 0.4) is 0 Å². The van der Waals surface area contributed by atoms with Crippen LogP contribution in [0.2, 0.25) is 0 Å². The van der Waals surface area contributed by atoms with Gasteiger partial charge in [-0.1, -0.05) is 12.1 Å². The van der Waals surface area contributed by atoms with Crippen LogP contribution >= 0.6 is 0 Å². The molecule has 1 aliphatic heterocycles. The van der Waals surface area contributed by atoms with E-state index >= 15 is 0 Å². The maximum atomic E-state index is 12.8. The summed E-state index contributed by atoms with van der Waals surface area (Å²) in [6.07, 6.45) is -1.09. The Bertz CT molecular complexity index is 423. The summed E-state index contributed by atoms with van der Waals surface area (Å²) in [5, 5.41) is 2.94.